The average Bonchev–Trinajstić information content (AvgIpc) is 2.39. The average molecular weight is 263 g/mol. The first-order valence-electron chi connectivity index (χ1n) is 5.88. The van der Waals surface area contributed by atoms with Crippen LogP contribution >= 0.6 is 15.9 Å². The summed E-state index contributed by atoms with van der Waals surface area (Å²) in [7, 11) is 1.80. The fourth-order valence-corrected chi connectivity index (χ4v) is 3.56. The van der Waals surface area contributed by atoms with Gasteiger partial charge in [-0.25, -0.2) is 0 Å². The molecule has 0 heterocycles. The summed E-state index contributed by atoms with van der Waals surface area (Å²) in [6.07, 6.45) is 8.23. The number of hydrogen-bond donors (Lipinski definition) is 0. The zero-order valence-corrected chi connectivity index (χ0v) is 11.1. The Labute approximate surface area is 96.7 Å². The van der Waals surface area contributed by atoms with Gasteiger partial charge >= 0.3 is 0 Å². The zero-order chi connectivity index (χ0) is 10.4. The fourth-order valence-electron chi connectivity index (χ4n) is 2.45. The minimum absolute atomic E-state index is 0.747. The molecule has 0 radical (unpaired) electrons. The molecular formula is C12H23BrO. The molecule has 84 valence electrons. The third-order valence-corrected chi connectivity index (χ3v) is 4.63. The van der Waals surface area contributed by atoms with Crippen molar-refractivity contribution < 1.29 is 4.74 Å². The lowest BCUT2D eigenvalue weighted by atomic mass is 9.85. The molecule has 0 amide bonds. The SMILES string of the molecule is COCCC(C)C1CCCCCC1Br. The van der Waals surface area contributed by atoms with Crippen LogP contribution in [0.3, 0.4) is 0 Å². The van der Waals surface area contributed by atoms with Crippen molar-refractivity contribution in [1.82, 2.24) is 0 Å². The van der Waals surface area contributed by atoms with Gasteiger partial charge in [-0.1, -0.05) is 42.1 Å². The molecule has 0 aromatic heterocycles. The molecule has 1 aliphatic rings. The van der Waals surface area contributed by atoms with Gasteiger partial charge in [0.15, 0.2) is 0 Å². The van der Waals surface area contributed by atoms with Crippen molar-refractivity contribution in [3.05, 3.63) is 0 Å². The maximum atomic E-state index is 5.15. The van der Waals surface area contributed by atoms with E-state index in [9.17, 15) is 0 Å². The molecule has 0 spiro atoms. The third-order valence-electron chi connectivity index (χ3n) is 3.49. The molecule has 1 aliphatic carbocycles. The van der Waals surface area contributed by atoms with Crippen LogP contribution in [0, 0.1) is 11.8 Å². The molecule has 3 atom stereocenters. The quantitative estimate of drug-likeness (QED) is 0.550. The van der Waals surface area contributed by atoms with E-state index in [2.05, 4.69) is 22.9 Å². The highest BCUT2D eigenvalue weighted by Gasteiger charge is 2.25. The monoisotopic (exact) mass is 262 g/mol. The summed E-state index contributed by atoms with van der Waals surface area (Å²) in [5.41, 5.74) is 0. The van der Waals surface area contributed by atoms with Gasteiger partial charge in [-0.2, -0.15) is 0 Å². The van der Waals surface area contributed by atoms with Crippen molar-refractivity contribution in [2.45, 2.75) is 50.3 Å². The standard InChI is InChI=1S/C12H23BrO/c1-10(8-9-14-2)11-6-4-3-5-7-12(11)13/h10-12H,3-9H2,1-2H3. The summed E-state index contributed by atoms with van der Waals surface area (Å²) < 4.78 is 5.15. The second-order valence-electron chi connectivity index (χ2n) is 4.58. The molecule has 14 heavy (non-hydrogen) atoms. The van der Waals surface area contributed by atoms with Crippen LogP contribution in [0.15, 0.2) is 0 Å². The molecule has 0 aromatic carbocycles. The second kappa shape index (κ2) is 6.84. The maximum absolute atomic E-state index is 5.15. The smallest absolute Gasteiger partial charge is 0.0464 e. The number of methoxy groups -OCH3 is 1. The van der Waals surface area contributed by atoms with E-state index in [4.69, 9.17) is 4.74 Å². The lowest BCUT2D eigenvalue weighted by Crippen LogP contribution is -2.21. The number of ether oxygens (including phenoxy) is 1. The molecule has 0 N–H and O–H groups in total. The number of rotatable bonds is 4. The molecular weight excluding hydrogens is 240 g/mol. The maximum Gasteiger partial charge on any atom is 0.0464 e. The third kappa shape index (κ3) is 3.90. The minimum atomic E-state index is 0.747. The van der Waals surface area contributed by atoms with Crippen molar-refractivity contribution >= 4 is 15.9 Å². The highest BCUT2D eigenvalue weighted by Crippen LogP contribution is 2.35. The molecule has 1 rings (SSSR count). The van der Waals surface area contributed by atoms with Gasteiger partial charge in [0.25, 0.3) is 0 Å². The summed E-state index contributed by atoms with van der Waals surface area (Å²) in [4.78, 5) is 0.747. The molecule has 1 nitrogen and oxygen atoms in total. The zero-order valence-electron chi connectivity index (χ0n) is 9.47. The molecule has 2 heteroatoms. The van der Waals surface area contributed by atoms with E-state index < -0.39 is 0 Å². The van der Waals surface area contributed by atoms with Crippen molar-refractivity contribution in [2.24, 2.45) is 11.8 Å². The summed E-state index contributed by atoms with van der Waals surface area (Å²) >= 11 is 3.86. The minimum Gasteiger partial charge on any atom is -0.385 e. The fraction of sp³-hybridized carbons (Fsp3) is 1.00. The van der Waals surface area contributed by atoms with E-state index in [1.54, 1.807) is 7.11 Å². The van der Waals surface area contributed by atoms with Crippen LogP contribution in [0.25, 0.3) is 0 Å². The van der Waals surface area contributed by atoms with Crippen molar-refractivity contribution in [1.29, 1.82) is 0 Å². The Morgan fingerprint density at radius 3 is 2.71 bits per heavy atom. The predicted octanol–water partition coefficient (Wildman–Crippen LogP) is 4.00. The molecule has 0 bridgehead atoms. The van der Waals surface area contributed by atoms with Gasteiger partial charge < -0.3 is 4.74 Å². The highest BCUT2D eigenvalue weighted by molar-refractivity contribution is 9.09. The van der Waals surface area contributed by atoms with Gasteiger partial charge in [-0.15, -0.1) is 0 Å². The van der Waals surface area contributed by atoms with Crippen LogP contribution in [-0.2, 0) is 4.74 Å². The van der Waals surface area contributed by atoms with Crippen LogP contribution in [0.1, 0.15) is 45.4 Å². The topological polar surface area (TPSA) is 9.23 Å². The summed E-state index contributed by atoms with van der Waals surface area (Å²) in [5.74, 6) is 1.67. The van der Waals surface area contributed by atoms with Crippen LogP contribution in [0.4, 0.5) is 0 Å². The van der Waals surface area contributed by atoms with Gasteiger partial charge in [-0.3, -0.25) is 0 Å². The Morgan fingerprint density at radius 1 is 1.29 bits per heavy atom. The number of alkyl halides is 1. The first-order valence-corrected chi connectivity index (χ1v) is 6.80. The molecule has 3 unspecified atom stereocenters. The van der Waals surface area contributed by atoms with Crippen LogP contribution < -0.4 is 0 Å². The first kappa shape index (κ1) is 12.5. The van der Waals surface area contributed by atoms with Crippen molar-refractivity contribution in [3.8, 4) is 0 Å². The second-order valence-corrected chi connectivity index (χ2v) is 5.75. The molecule has 0 aromatic rings. The first-order chi connectivity index (χ1) is 6.75. The van der Waals surface area contributed by atoms with Crippen LogP contribution in [0.2, 0.25) is 0 Å². The van der Waals surface area contributed by atoms with Crippen molar-refractivity contribution in [3.63, 3.8) is 0 Å². The van der Waals surface area contributed by atoms with Crippen LogP contribution in [0.5, 0.6) is 0 Å². The van der Waals surface area contributed by atoms with Gasteiger partial charge in [0, 0.05) is 18.5 Å². The Hall–Kier alpha value is 0.440. The highest BCUT2D eigenvalue weighted by atomic mass is 79.9. The van der Waals surface area contributed by atoms with Gasteiger partial charge in [0.1, 0.15) is 0 Å². The number of halogens is 1. The molecule has 1 saturated carbocycles. The van der Waals surface area contributed by atoms with Gasteiger partial charge in [-0.05, 0) is 31.1 Å². The largest absolute Gasteiger partial charge is 0.385 e. The summed E-state index contributed by atoms with van der Waals surface area (Å²) in [6.45, 7) is 3.29. The van der Waals surface area contributed by atoms with E-state index in [0.717, 1.165) is 23.3 Å². The van der Waals surface area contributed by atoms with Gasteiger partial charge in [0.05, 0.1) is 0 Å². The molecule has 1 fully saturated rings. The van der Waals surface area contributed by atoms with Crippen LogP contribution in [-0.4, -0.2) is 18.5 Å². The van der Waals surface area contributed by atoms with Crippen molar-refractivity contribution in [2.75, 3.05) is 13.7 Å². The Bertz CT molecular complexity index is 149. The Balaban J connectivity index is 2.37. The lowest BCUT2D eigenvalue weighted by Gasteiger charge is -2.26. The molecule has 0 aliphatic heterocycles. The van der Waals surface area contributed by atoms with E-state index in [-0.39, 0.29) is 0 Å². The van der Waals surface area contributed by atoms with E-state index in [1.165, 1.54) is 38.5 Å². The normalized spacial score (nSPS) is 31.1. The van der Waals surface area contributed by atoms with Gasteiger partial charge in [0.2, 0.25) is 0 Å². The van der Waals surface area contributed by atoms with E-state index in [0.29, 0.717) is 0 Å². The lowest BCUT2D eigenvalue weighted by molar-refractivity contribution is 0.162. The van der Waals surface area contributed by atoms with E-state index >= 15 is 0 Å². The molecule has 0 saturated heterocycles. The summed E-state index contributed by atoms with van der Waals surface area (Å²) in [6, 6.07) is 0. The Morgan fingerprint density at radius 2 is 2.00 bits per heavy atom. The van der Waals surface area contributed by atoms with E-state index in [1.807, 2.05) is 0 Å². The Kier molecular flexibility index (Phi) is 6.11. The summed E-state index contributed by atoms with van der Waals surface area (Å²) in [5, 5.41) is 0. The number of hydrogen-bond acceptors (Lipinski definition) is 1. The predicted molar refractivity (Wildman–Crippen MR) is 64.9 cm³/mol.